The lowest BCUT2D eigenvalue weighted by molar-refractivity contribution is -0.133. The Morgan fingerprint density at radius 2 is 2.12 bits per heavy atom. The van der Waals surface area contributed by atoms with Gasteiger partial charge in [0.15, 0.2) is 5.01 Å². The number of carboxylic acids is 1. The second kappa shape index (κ2) is 7.85. The summed E-state index contributed by atoms with van der Waals surface area (Å²) in [5.74, 6) is 0.0631. The molecule has 1 N–H and O–H groups in total. The van der Waals surface area contributed by atoms with Crippen molar-refractivity contribution in [1.29, 1.82) is 0 Å². The first kappa shape index (κ1) is 17.7. The average Bonchev–Trinajstić information content (AvgIpc) is 2.98. The summed E-state index contributed by atoms with van der Waals surface area (Å²) in [7, 11) is 0. The van der Waals surface area contributed by atoms with Crippen LogP contribution in [0.3, 0.4) is 0 Å². The van der Waals surface area contributed by atoms with Crippen molar-refractivity contribution in [2.45, 2.75) is 12.4 Å². The topological polar surface area (TPSA) is 93.8 Å². The summed E-state index contributed by atoms with van der Waals surface area (Å²) in [5.41, 5.74) is 0.231. The monoisotopic (exact) mass is 397 g/mol. The van der Waals surface area contributed by atoms with E-state index >= 15 is 0 Å². The molecule has 10 heteroatoms. The highest BCUT2D eigenvalue weighted by atomic mass is 35.5. The predicted octanol–water partition coefficient (Wildman–Crippen LogP) is 2.70. The first-order chi connectivity index (χ1) is 12.0. The van der Waals surface area contributed by atoms with Gasteiger partial charge >= 0.3 is 5.97 Å². The largest absolute Gasteiger partial charge is 0.486 e. The van der Waals surface area contributed by atoms with Crippen molar-refractivity contribution in [2.75, 3.05) is 5.75 Å². The Hall–Kier alpha value is -2.10. The summed E-state index contributed by atoms with van der Waals surface area (Å²) in [5, 5.41) is 14.1. The summed E-state index contributed by atoms with van der Waals surface area (Å²) in [6, 6.07) is 8.31. The number of carbonyl (C=O) groups is 1. The fourth-order valence-corrected chi connectivity index (χ4v) is 3.54. The summed E-state index contributed by atoms with van der Waals surface area (Å²) >= 11 is 8.26. The first-order valence-electron chi connectivity index (χ1n) is 7.08. The van der Waals surface area contributed by atoms with Crippen LogP contribution >= 0.6 is 34.7 Å². The van der Waals surface area contributed by atoms with Gasteiger partial charge in [-0.15, -0.1) is 11.8 Å². The summed E-state index contributed by atoms with van der Waals surface area (Å²) in [6.07, 6.45) is 0. The van der Waals surface area contributed by atoms with Crippen LogP contribution in [0.4, 0.5) is 0 Å². The molecule has 0 aliphatic carbocycles. The van der Waals surface area contributed by atoms with Crippen molar-refractivity contribution in [3.05, 3.63) is 56.4 Å². The van der Waals surface area contributed by atoms with Crippen LogP contribution in [0.1, 0.15) is 10.7 Å². The molecule has 7 nitrogen and oxygen atoms in total. The molecule has 0 aliphatic heterocycles. The fourth-order valence-electron chi connectivity index (χ4n) is 1.95. The number of hydrogen-bond donors (Lipinski definition) is 1. The second-order valence-electron chi connectivity index (χ2n) is 4.91. The molecule has 2 aromatic heterocycles. The van der Waals surface area contributed by atoms with Crippen LogP contribution in [0.25, 0.3) is 4.96 Å². The molecule has 1 aromatic carbocycles. The standard InChI is InChI=1S/C15H12ClN3O4S2/c16-9-1-3-11(4-2-9)23-6-12-18-19-13(20)5-10(17-15(19)25-12)7-24-8-14(21)22/h1-5H,6-8H2,(H,21,22). The molecular weight excluding hydrogens is 386 g/mol. The van der Waals surface area contributed by atoms with E-state index in [4.69, 9.17) is 21.4 Å². The van der Waals surface area contributed by atoms with Gasteiger partial charge in [0.25, 0.3) is 5.56 Å². The van der Waals surface area contributed by atoms with E-state index in [1.165, 1.54) is 33.7 Å². The van der Waals surface area contributed by atoms with E-state index in [2.05, 4.69) is 10.1 Å². The van der Waals surface area contributed by atoms with Crippen molar-refractivity contribution in [3.63, 3.8) is 0 Å². The molecule has 0 bridgehead atoms. The van der Waals surface area contributed by atoms with E-state index in [1.807, 2.05) is 0 Å². The van der Waals surface area contributed by atoms with Crippen LogP contribution in [0.2, 0.25) is 5.02 Å². The van der Waals surface area contributed by atoms with Gasteiger partial charge in [-0.2, -0.15) is 9.61 Å². The SMILES string of the molecule is O=C(O)CSCc1cc(=O)n2nc(COc3ccc(Cl)cc3)sc2n1. The van der Waals surface area contributed by atoms with Gasteiger partial charge in [-0.25, -0.2) is 4.98 Å². The predicted molar refractivity (Wildman–Crippen MR) is 96.7 cm³/mol. The minimum absolute atomic E-state index is 0.0378. The number of benzene rings is 1. The molecule has 130 valence electrons. The molecule has 0 saturated heterocycles. The normalized spacial score (nSPS) is 10.9. The van der Waals surface area contributed by atoms with Crippen LogP contribution in [0.15, 0.2) is 35.1 Å². The summed E-state index contributed by atoms with van der Waals surface area (Å²) < 4.78 is 6.83. The number of rotatable bonds is 7. The quantitative estimate of drug-likeness (QED) is 0.655. The lowest BCUT2D eigenvalue weighted by atomic mass is 10.3. The van der Waals surface area contributed by atoms with Crippen molar-refractivity contribution >= 4 is 45.6 Å². The zero-order chi connectivity index (χ0) is 17.8. The van der Waals surface area contributed by atoms with Crippen molar-refractivity contribution < 1.29 is 14.6 Å². The molecule has 2 heterocycles. The number of hydrogen-bond acceptors (Lipinski definition) is 7. The Morgan fingerprint density at radius 3 is 2.84 bits per heavy atom. The third-order valence-electron chi connectivity index (χ3n) is 2.99. The lowest BCUT2D eigenvalue weighted by Gasteiger charge is -2.02. The third kappa shape index (κ3) is 4.71. The zero-order valence-corrected chi connectivity index (χ0v) is 15.1. The smallest absolute Gasteiger partial charge is 0.313 e. The summed E-state index contributed by atoms with van der Waals surface area (Å²) in [6.45, 7) is 0.207. The number of fused-ring (bicyclic) bond motifs is 1. The molecular formula is C15H12ClN3O4S2. The fraction of sp³-hybridized carbons (Fsp3) is 0.200. The van der Waals surface area contributed by atoms with Crippen LogP contribution < -0.4 is 10.3 Å². The van der Waals surface area contributed by atoms with E-state index in [9.17, 15) is 9.59 Å². The number of nitrogens with zero attached hydrogens (tertiary/aromatic N) is 3. The van der Waals surface area contributed by atoms with Gasteiger partial charge in [-0.05, 0) is 24.3 Å². The van der Waals surface area contributed by atoms with Crippen molar-refractivity contribution in [1.82, 2.24) is 14.6 Å². The number of ether oxygens (including phenoxy) is 1. The minimum Gasteiger partial charge on any atom is -0.486 e. The van der Waals surface area contributed by atoms with Crippen molar-refractivity contribution in [3.8, 4) is 5.75 Å². The van der Waals surface area contributed by atoms with Gasteiger partial charge < -0.3 is 9.84 Å². The Kier molecular flexibility index (Phi) is 5.57. The summed E-state index contributed by atoms with van der Waals surface area (Å²) in [4.78, 5) is 27.5. The van der Waals surface area contributed by atoms with Crippen LogP contribution in [0, 0.1) is 0 Å². The van der Waals surface area contributed by atoms with E-state index in [0.29, 0.717) is 32.2 Å². The van der Waals surface area contributed by atoms with Gasteiger partial charge in [0.05, 0.1) is 11.4 Å². The lowest BCUT2D eigenvalue weighted by Crippen LogP contribution is -2.15. The highest BCUT2D eigenvalue weighted by molar-refractivity contribution is 7.99. The molecule has 0 radical (unpaired) electrons. The molecule has 0 saturated carbocycles. The van der Waals surface area contributed by atoms with Crippen molar-refractivity contribution in [2.24, 2.45) is 0 Å². The molecule has 25 heavy (non-hydrogen) atoms. The van der Waals surface area contributed by atoms with Gasteiger partial charge in [-0.1, -0.05) is 22.9 Å². The Labute approximate surface area is 155 Å². The average molecular weight is 398 g/mol. The number of carboxylic acid groups (broad SMARTS) is 1. The molecule has 0 aliphatic rings. The molecule has 3 rings (SSSR count). The maximum absolute atomic E-state index is 12.1. The highest BCUT2D eigenvalue weighted by Gasteiger charge is 2.10. The van der Waals surface area contributed by atoms with Gasteiger partial charge in [0.1, 0.15) is 12.4 Å². The minimum atomic E-state index is -0.901. The molecule has 0 atom stereocenters. The first-order valence-corrected chi connectivity index (χ1v) is 9.43. The van der Waals surface area contributed by atoms with E-state index in [-0.39, 0.29) is 17.9 Å². The van der Waals surface area contributed by atoms with Gasteiger partial charge in [-0.3, -0.25) is 9.59 Å². The molecule has 0 amide bonds. The molecule has 3 aromatic rings. The van der Waals surface area contributed by atoms with Gasteiger partial charge in [0, 0.05) is 16.8 Å². The number of halogens is 1. The van der Waals surface area contributed by atoms with Gasteiger partial charge in [0.2, 0.25) is 4.96 Å². The highest BCUT2D eigenvalue weighted by Crippen LogP contribution is 2.19. The van der Waals surface area contributed by atoms with E-state index in [0.717, 1.165) is 0 Å². The Balaban J connectivity index is 1.72. The number of aliphatic carboxylic acids is 1. The number of aromatic nitrogens is 3. The third-order valence-corrected chi connectivity index (χ3v) is 5.08. The van der Waals surface area contributed by atoms with E-state index < -0.39 is 5.97 Å². The van der Waals surface area contributed by atoms with E-state index in [1.54, 1.807) is 24.3 Å². The maximum atomic E-state index is 12.1. The molecule has 0 fully saturated rings. The number of thioether (sulfide) groups is 1. The Bertz CT molecular complexity index is 956. The molecule has 0 unspecified atom stereocenters. The van der Waals surface area contributed by atoms with Crippen LogP contribution in [-0.2, 0) is 17.2 Å². The van der Waals surface area contributed by atoms with Crippen LogP contribution in [-0.4, -0.2) is 31.4 Å². The second-order valence-corrected chi connectivity index (χ2v) is 7.37. The zero-order valence-electron chi connectivity index (χ0n) is 12.7. The Morgan fingerprint density at radius 1 is 1.36 bits per heavy atom. The van der Waals surface area contributed by atoms with Crippen LogP contribution in [0.5, 0.6) is 5.75 Å². The molecule has 0 spiro atoms. The maximum Gasteiger partial charge on any atom is 0.313 e.